The van der Waals surface area contributed by atoms with Gasteiger partial charge in [0.1, 0.15) is 0 Å². The first-order valence-corrected chi connectivity index (χ1v) is 9.65. The van der Waals surface area contributed by atoms with Crippen molar-refractivity contribution in [3.63, 3.8) is 0 Å². The van der Waals surface area contributed by atoms with Crippen LogP contribution in [0.15, 0.2) is 4.99 Å². The molecule has 0 spiro atoms. The van der Waals surface area contributed by atoms with Crippen molar-refractivity contribution in [2.75, 3.05) is 86.3 Å². The van der Waals surface area contributed by atoms with Gasteiger partial charge in [0.05, 0.1) is 13.2 Å². The summed E-state index contributed by atoms with van der Waals surface area (Å²) in [6, 6.07) is 0. The highest BCUT2D eigenvalue weighted by atomic mass is 16.5. The van der Waals surface area contributed by atoms with E-state index >= 15 is 0 Å². The summed E-state index contributed by atoms with van der Waals surface area (Å²) in [6.45, 7) is 15.5. The Morgan fingerprint density at radius 2 is 1.80 bits per heavy atom. The number of hydrogen-bond donors (Lipinski definition) is 2. The second-order valence-corrected chi connectivity index (χ2v) is 6.68. The lowest BCUT2D eigenvalue weighted by molar-refractivity contribution is 0.0698. The van der Waals surface area contributed by atoms with Crippen LogP contribution in [-0.4, -0.2) is 102 Å². The van der Waals surface area contributed by atoms with E-state index in [2.05, 4.69) is 39.3 Å². The lowest BCUT2D eigenvalue weighted by Crippen LogP contribution is -2.48. The molecule has 25 heavy (non-hydrogen) atoms. The zero-order valence-corrected chi connectivity index (χ0v) is 16.7. The van der Waals surface area contributed by atoms with Crippen molar-refractivity contribution in [3.8, 4) is 0 Å². The van der Waals surface area contributed by atoms with Crippen LogP contribution < -0.4 is 10.6 Å². The number of nitrogens with zero attached hydrogens (tertiary/aromatic N) is 3. The molecule has 148 valence electrons. The minimum absolute atomic E-state index is 0.601. The molecule has 7 heteroatoms. The SMILES string of the molecule is CCN1CCN(CC(C)CNC(=NC)NCCCOCCOC)CC1. The van der Waals surface area contributed by atoms with Gasteiger partial charge in [0, 0.05) is 66.6 Å². The average molecular weight is 358 g/mol. The predicted molar refractivity (Wildman–Crippen MR) is 104 cm³/mol. The Bertz CT molecular complexity index is 346. The van der Waals surface area contributed by atoms with Gasteiger partial charge in [-0.2, -0.15) is 0 Å². The molecule has 1 rings (SSSR count). The van der Waals surface area contributed by atoms with E-state index in [1.54, 1.807) is 7.11 Å². The van der Waals surface area contributed by atoms with Crippen LogP contribution in [0.1, 0.15) is 20.3 Å². The molecule has 1 saturated heterocycles. The largest absolute Gasteiger partial charge is 0.382 e. The van der Waals surface area contributed by atoms with Crippen molar-refractivity contribution >= 4 is 5.96 Å². The maximum absolute atomic E-state index is 5.45. The van der Waals surface area contributed by atoms with Gasteiger partial charge in [-0.05, 0) is 18.9 Å². The van der Waals surface area contributed by atoms with Crippen LogP contribution in [0.2, 0.25) is 0 Å². The van der Waals surface area contributed by atoms with Gasteiger partial charge in [-0.25, -0.2) is 0 Å². The fourth-order valence-corrected chi connectivity index (χ4v) is 2.91. The molecule has 1 aliphatic rings. The highest BCUT2D eigenvalue weighted by Gasteiger charge is 2.17. The number of likely N-dealkylation sites (N-methyl/N-ethyl adjacent to an activating group) is 1. The van der Waals surface area contributed by atoms with Gasteiger partial charge in [-0.3, -0.25) is 4.99 Å². The summed E-state index contributed by atoms with van der Waals surface area (Å²) in [4.78, 5) is 9.38. The van der Waals surface area contributed by atoms with Crippen LogP contribution in [0.3, 0.4) is 0 Å². The predicted octanol–water partition coefficient (Wildman–Crippen LogP) is 0.478. The third kappa shape index (κ3) is 10.6. The van der Waals surface area contributed by atoms with E-state index in [9.17, 15) is 0 Å². The maximum atomic E-state index is 5.45. The Labute approximate surface area is 154 Å². The number of methoxy groups -OCH3 is 1. The second-order valence-electron chi connectivity index (χ2n) is 6.68. The minimum Gasteiger partial charge on any atom is -0.382 e. The molecule has 0 amide bonds. The van der Waals surface area contributed by atoms with Gasteiger partial charge in [0.15, 0.2) is 5.96 Å². The van der Waals surface area contributed by atoms with Gasteiger partial charge >= 0.3 is 0 Å². The highest BCUT2D eigenvalue weighted by molar-refractivity contribution is 5.79. The average Bonchev–Trinajstić information content (AvgIpc) is 2.64. The molecule has 0 radical (unpaired) electrons. The first-order valence-electron chi connectivity index (χ1n) is 9.65. The van der Waals surface area contributed by atoms with Gasteiger partial charge in [0.2, 0.25) is 0 Å². The van der Waals surface area contributed by atoms with Crippen molar-refractivity contribution in [3.05, 3.63) is 0 Å². The van der Waals surface area contributed by atoms with E-state index in [1.807, 2.05) is 7.05 Å². The van der Waals surface area contributed by atoms with E-state index in [1.165, 1.54) is 32.7 Å². The lowest BCUT2D eigenvalue weighted by atomic mass is 10.1. The molecule has 0 aliphatic carbocycles. The number of nitrogens with one attached hydrogen (secondary N) is 2. The van der Waals surface area contributed by atoms with Crippen LogP contribution in [0.25, 0.3) is 0 Å². The Morgan fingerprint density at radius 1 is 1.08 bits per heavy atom. The number of ether oxygens (including phenoxy) is 2. The third-order valence-corrected chi connectivity index (χ3v) is 4.51. The molecular weight excluding hydrogens is 318 g/mol. The molecule has 0 bridgehead atoms. The van der Waals surface area contributed by atoms with Crippen molar-refractivity contribution in [2.24, 2.45) is 10.9 Å². The molecule has 1 fully saturated rings. The molecule has 7 nitrogen and oxygen atoms in total. The first-order chi connectivity index (χ1) is 12.2. The topological polar surface area (TPSA) is 61.4 Å². The van der Waals surface area contributed by atoms with Crippen LogP contribution in [-0.2, 0) is 9.47 Å². The van der Waals surface area contributed by atoms with Crippen molar-refractivity contribution < 1.29 is 9.47 Å². The summed E-state index contributed by atoms with van der Waals surface area (Å²) in [6.07, 6.45) is 0.960. The van der Waals surface area contributed by atoms with Gasteiger partial charge < -0.3 is 29.9 Å². The molecular formula is C18H39N5O2. The van der Waals surface area contributed by atoms with E-state index in [0.717, 1.165) is 38.6 Å². The van der Waals surface area contributed by atoms with E-state index in [0.29, 0.717) is 19.1 Å². The number of piperazine rings is 1. The van der Waals surface area contributed by atoms with E-state index in [4.69, 9.17) is 9.47 Å². The smallest absolute Gasteiger partial charge is 0.190 e. The second kappa shape index (κ2) is 14.3. The Hall–Kier alpha value is -0.890. The first kappa shape index (κ1) is 22.2. The van der Waals surface area contributed by atoms with Crippen LogP contribution >= 0.6 is 0 Å². The number of rotatable bonds is 12. The molecule has 1 aliphatic heterocycles. The van der Waals surface area contributed by atoms with Crippen LogP contribution in [0, 0.1) is 5.92 Å². The Kier molecular flexibility index (Phi) is 12.7. The fraction of sp³-hybridized carbons (Fsp3) is 0.944. The lowest BCUT2D eigenvalue weighted by Gasteiger charge is -2.35. The quantitative estimate of drug-likeness (QED) is 0.301. The minimum atomic E-state index is 0.601. The number of guanidine groups is 1. The fourth-order valence-electron chi connectivity index (χ4n) is 2.91. The zero-order valence-electron chi connectivity index (χ0n) is 16.7. The molecule has 1 atom stereocenters. The normalized spacial score (nSPS) is 18.3. The molecule has 0 aromatic rings. The summed E-state index contributed by atoms with van der Waals surface area (Å²) < 4.78 is 10.4. The van der Waals surface area contributed by atoms with Gasteiger partial charge in [-0.1, -0.05) is 13.8 Å². The molecule has 2 N–H and O–H groups in total. The van der Waals surface area contributed by atoms with Crippen LogP contribution in [0.5, 0.6) is 0 Å². The Balaban J connectivity index is 2.07. The molecule has 0 aromatic carbocycles. The Morgan fingerprint density at radius 3 is 2.44 bits per heavy atom. The van der Waals surface area contributed by atoms with Gasteiger partial charge in [-0.15, -0.1) is 0 Å². The number of aliphatic imine (C=N–C) groups is 1. The molecule has 1 heterocycles. The van der Waals surface area contributed by atoms with Crippen molar-refractivity contribution in [1.82, 2.24) is 20.4 Å². The van der Waals surface area contributed by atoms with E-state index in [-0.39, 0.29) is 0 Å². The summed E-state index contributed by atoms with van der Waals surface area (Å²) in [7, 11) is 3.51. The molecule has 0 saturated carbocycles. The zero-order chi connectivity index (χ0) is 18.3. The van der Waals surface area contributed by atoms with E-state index < -0.39 is 0 Å². The van der Waals surface area contributed by atoms with Crippen molar-refractivity contribution in [1.29, 1.82) is 0 Å². The third-order valence-electron chi connectivity index (χ3n) is 4.51. The summed E-state index contributed by atoms with van der Waals surface area (Å²) in [5.74, 6) is 1.48. The highest BCUT2D eigenvalue weighted by Crippen LogP contribution is 2.05. The summed E-state index contributed by atoms with van der Waals surface area (Å²) in [5, 5.41) is 6.77. The molecule has 1 unspecified atom stereocenters. The standard InChI is InChI=1S/C18H39N5O2/c1-5-22-8-10-23(11-9-22)16-17(2)15-21-18(19-3)20-7-6-12-25-14-13-24-4/h17H,5-16H2,1-4H3,(H2,19,20,21). The number of hydrogen-bond acceptors (Lipinski definition) is 5. The summed E-state index contributed by atoms with van der Waals surface area (Å²) in [5.41, 5.74) is 0. The monoisotopic (exact) mass is 357 g/mol. The van der Waals surface area contributed by atoms with Crippen molar-refractivity contribution in [2.45, 2.75) is 20.3 Å². The maximum Gasteiger partial charge on any atom is 0.190 e. The van der Waals surface area contributed by atoms with Gasteiger partial charge in [0.25, 0.3) is 0 Å². The summed E-state index contributed by atoms with van der Waals surface area (Å²) >= 11 is 0. The van der Waals surface area contributed by atoms with Crippen LogP contribution in [0.4, 0.5) is 0 Å². The molecule has 0 aromatic heterocycles.